The number of terminal acetylenes is 1. The Bertz CT molecular complexity index is 889. The van der Waals surface area contributed by atoms with Crippen molar-refractivity contribution in [2.24, 2.45) is 5.41 Å². The van der Waals surface area contributed by atoms with Gasteiger partial charge >= 0.3 is 0 Å². The van der Waals surface area contributed by atoms with Crippen LogP contribution in [0.2, 0.25) is 0 Å². The zero-order valence-corrected chi connectivity index (χ0v) is 16.3. The van der Waals surface area contributed by atoms with E-state index in [2.05, 4.69) is 38.6 Å². The Kier molecular flexibility index (Phi) is 5.36. The standard InChI is InChI=1S/C16H13N3O2.C5H12/c1-4-11-5-6-13-12(7-11)16(21)18(3)8-14-15(10(2)20)17-9-19(13)14;1-5(2,3)4/h1,5-7,9H,8H2,2-3H3;1-4H3. The highest BCUT2D eigenvalue weighted by molar-refractivity contribution is 5.99. The number of imidazole rings is 1. The number of hydrogen-bond acceptors (Lipinski definition) is 3. The van der Waals surface area contributed by atoms with Gasteiger partial charge in [0.1, 0.15) is 12.0 Å². The molecule has 0 N–H and O–H groups in total. The molecule has 1 amide bonds. The SMILES string of the molecule is C#Cc1ccc2c(c1)C(=O)N(C)Cc1c(C(C)=O)ncn1-2.CC(C)(C)C. The van der Waals surface area contributed by atoms with Crippen LogP contribution in [0.25, 0.3) is 5.69 Å². The van der Waals surface area contributed by atoms with E-state index in [1.807, 2.05) is 0 Å². The van der Waals surface area contributed by atoms with Crippen LogP contribution in [0.5, 0.6) is 0 Å². The molecule has 5 heteroatoms. The van der Waals surface area contributed by atoms with E-state index in [1.165, 1.54) is 6.92 Å². The van der Waals surface area contributed by atoms with Crippen LogP contribution in [-0.4, -0.2) is 33.2 Å². The van der Waals surface area contributed by atoms with E-state index >= 15 is 0 Å². The second kappa shape index (κ2) is 7.17. The van der Waals surface area contributed by atoms with Crippen LogP contribution in [0.4, 0.5) is 0 Å². The van der Waals surface area contributed by atoms with Crippen LogP contribution in [0, 0.1) is 17.8 Å². The van der Waals surface area contributed by atoms with Gasteiger partial charge in [0, 0.05) is 19.5 Å². The Balaban J connectivity index is 0.000000431. The summed E-state index contributed by atoms with van der Waals surface area (Å²) in [6.45, 7) is 10.5. The van der Waals surface area contributed by atoms with Gasteiger partial charge in [0.05, 0.1) is 23.5 Å². The lowest BCUT2D eigenvalue weighted by atomic mass is 10.0. The number of carbonyl (C=O) groups excluding carboxylic acids is 2. The van der Waals surface area contributed by atoms with Crippen LogP contribution in [0.15, 0.2) is 24.5 Å². The first-order valence-electron chi connectivity index (χ1n) is 8.46. The van der Waals surface area contributed by atoms with E-state index < -0.39 is 0 Å². The summed E-state index contributed by atoms with van der Waals surface area (Å²) in [6.07, 6.45) is 6.98. The van der Waals surface area contributed by atoms with Gasteiger partial charge < -0.3 is 4.90 Å². The molecule has 0 unspecified atom stereocenters. The van der Waals surface area contributed by atoms with Gasteiger partial charge in [0.2, 0.25) is 0 Å². The van der Waals surface area contributed by atoms with Crippen LogP contribution in [0.3, 0.4) is 0 Å². The minimum absolute atomic E-state index is 0.117. The summed E-state index contributed by atoms with van der Waals surface area (Å²) in [4.78, 5) is 29.9. The van der Waals surface area contributed by atoms with Crippen molar-refractivity contribution in [3.05, 3.63) is 47.0 Å². The lowest BCUT2D eigenvalue weighted by Crippen LogP contribution is -2.25. The maximum absolute atomic E-state index is 12.5. The minimum atomic E-state index is -0.125. The number of rotatable bonds is 1. The Labute approximate surface area is 155 Å². The number of Topliss-reactive ketones (excluding diaryl/α,β-unsaturated/α-hetero) is 1. The number of nitrogens with zero attached hydrogens (tertiary/aromatic N) is 3. The third-order valence-electron chi connectivity index (χ3n) is 3.59. The molecule has 0 saturated carbocycles. The highest BCUT2D eigenvalue weighted by atomic mass is 16.2. The second-order valence-electron chi connectivity index (χ2n) is 8.00. The van der Waals surface area contributed by atoms with E-state index in [1.54, 1.807) is 41.0 Å². The van der Waals surface area contributed by atoms with Crippen molar-refractivity contribution in [2.45, 2.75) is 41.2 Å². The number of hydrogen-bond donors (Lipinski definition) is 0. The van der Waals surface area contributed by atoms with Crippen molar-refractivity contribution in [1.82, 2.24) is 14.5 Å². The molecule has 1 aromatic heterocycles. The van der Waals surface area contributed by atoms with Crippen LogP contribution >= 0.6 is 0 Å². The molecule has 0 atom stereocenters. The molecule has 1 aromatic carbocycles. The molecular formula is C21H25N3O2. The van der Waals surface area contributed by atoms with Gasteiger partial charge in [-0.1, -0.05) is 33.6 Å². The Morgan fingerprint density at radius 2 is 1.88 bits per heavy atom. The summed E-state index contributed by atoms with van der Waals surface area (Å²) >= 11 is 0. The molecule has 2 aromatic rings. The van der Waals surface area contributed by atoms with E-state index in [0.29, 0.717) is 40.2 Å². The number of amides is 1. The van der Waals surface area contributed by atoms with Gasteiger partial charge in [-0.05, 0) is 23.6 Å². The molecule has 1 aliphatic heterocycles. The first kappa shape index (κ1) is 19.5. The van der Waals surface area contributed by atoms with Crippen molar-refractivity contribution in [3.8, 4) is 18.0 Å². The third kappa shape index (κ3) is 4.20. The lowest BCUT2D eigenvalue weighted by molar-refractivity contribution is 0.0785. The molecule has 0 saturated heterocycles. The number of carbonyl (C=O) groups is 2. The first-order chi connectivity index (χ1) is 12.0. The summed E-state index contributed by atoms with van der Waals surface area (Å²) in [6, 6.07) is 5.25. The first-order valence-corrected chi connectivity index (χ1v) is 8.46. The normalized spacial score (nSPS) is 13.0. The number of fused-ring (bicyclic) bond motifs is 3. The molecule has 3 rings (SSSR count). The van der Waals surface area contributed by atoms with Gasteiger partial charge in [-0.25, -0.2) is 4.98 Å². The Hall–Kier alpha value is -2.87. The van der Waals surface area contributed by atoms with Gasteiger partial charge in [0.25, 0.3) is 5.91 Å². The highest BCUT2D eigenvalue weighted by Gasteiger charge is 2.27. The van der Waals surface area contributed by atoms with E-state index in [4.69, 9.17) is 6.42 Å². The zero-order valence-electron chi connectivity index (χ0n) is 16.3. The number of ketones is 1. The minimum Gasteiger partial charge on any atom is -0.336 e. The molecule has 26 heavy (non-hydrogen) atoms. The predicted octanol–water partition coefficient (Wildman–Crippen LogP) is 3.69. The summed E-state index contributed by atoms with van der Waals surface area (Å²) < 4.78 is 1.79. The molecule has 0 spiro atoms. The molecule has 5 nitrogen and oxygen atoms in total. The average Bonchev–Trinajstić information content (AvgIpc) is 2.91. The number of aromatic nitrogens is 2. The molecule has 0 radical (unpaired) electrons. The number of benzene rings is 1. The smallest absolute Gasteiger partial charge is 0.256 e. The molecular weight excluding hydrogens is 326 g/mol. The van der Waals surface area contributed by atoms with Crippen LogP contribution < -0.4 is 0 Å². The summed E-state index contributed by atoms with van der Waals surface area (Å²) in [7, 11) is 1.70. The molecule has 0 aliphatic carbocycles. The van der Waals surface area contributed by atoms with Crippen LogP contribution in [-0.2, 0) is 6.54 Å². The average molecular weight is 351 g/mol. The monoisotopic (exact) mass is 351 g/mol. The van der Waals surface area contributed by atoms with Gasteiger partial charge in [-0.15, -0.1) is 6.42 Å². The molecule has 1 aliphatic rings. The van der Waals surface area contributed by atoms with E-state index in [-0.39, 0.29) is 11.7 Å². The Morgan fingerprint density at radius 3 is 2.42 bits per heavy atom. The van der Waals surface area contributed by atoms with Crippen molar-refractivity contribution < 1.29 is 9.59 Å². The van der Waals surface area contributed by atoms with Crippen LogP contribution in [0.1, 0.15) is 66.7 Å². The van der Waals surface area contributed by atoms with Crippen molar-refractivity contribution >= 4 is 11.7 Å². The molecule has 0 bridgehead atoms. The zero-order chi connectivity index (χ0) is 19.6. The molecule has 0 fully saturated rings. The third-order valence-corrected chi connectivity index (χ3v) is 3.59. The summed E-state index contributed by atoms with van der Waals surface area (Å²) in [5.74, 6) is 2.29. The van der Waals surface area contributed by atoms with E-state index in [9.17, 15) is 9.59 Å². The fraction of sp³-hybridized carbons (Fsp3) is 0.381. The van der Waals surface area contributed by atoms with Crippen molar-refractivity contribution in [2.75, 3.05) is 7.05 Å². The van der Waals surface area contributed by atoms with Gasteiger partial charge in [-0.2, -0.15) is 0 Å². The van der Waals surface area contributed by atoms with Gasteiger partial charge in [-0.3, -0.25) is 14.2 Å². The fourth-order valence-electron chi connectivity index (χ4n) is 2.54. The summed E-state index contributed by atoms with van der Waals surface area (Å²) in [5.41, 5.74) is 3.46. The molecule has 2 heterocycles. The maximum Gasteiger partial charge on any atom is 0.256 e. The second-order valence-corrected chi connectivity index (χ2v) is 8.00. The van der Waals surface area contributed by atoms with E-state index in [0.717, 1.165) is 0 Å². The van der Waals surface area contributed by atoms with Crippen molar-refractivity contribution in [3.63, 3.8) is 0 Å². The maximum atomic E-state index is 12.5. The van der Waals surface area contributed by atoms with Crippen molar-refractivity contribution in [1.29, 1.82) is 0 Å². The largest absolute Gasteiger partial charge is 0.336 e. The molecule has 136 valence electrons. The van der Waals surface area contributed by atoms with Gasteiger partial charge in [0.15, 0.2) is 5.78 Å². The fourth-order valence-corrected chi connectivity index (χ4v) is 2.54. The quantitative estimate of drug-likeness (QED) is 0.581. The lowest BCUT2D eigenvalue weighted by Gasteiger charge is -2.14. The summed E-state index contributed by atoms with van der Waals surface area (Å²) in [5, 5.41) is 0. The topological polar surface area (TPSA) is 55.2 Å². The highest BCUT2D eigenvalue weighted by Crippen LogP contribution is 2.26. The predicted molar refractivity (Wildman–Crippen MR) is 102 cm³/mol. The Morgan fingerprint density at radius 1 is 1.27 bits per heavy atom.